The summed E-state index contributed by atoms with van der Waals surface area (Å²) in [5.41, 5.74) is 1.72. The van der Waals surface area contributed by atoms with Crippen molar-refractivity contribution in [2.75, 3.05) is 7.05 Å². The van der Waals surface area contributed by atoms with Gasteiger partial charge in [-0.1, -0.05) is 81.5 Å². The number of likely N-dealkylation sites (N-methyl/N-ethyl adjacent to an activating group) is 1. The van der Waals surface area contributed by atoms with E-state index in [1.807, 2.05) is 68.4 Å². The van der Waals surface area contributed by atoms with Crippen molar-refractivity contribution in [3.63, 3.8) is 0 Å². The molecule has 2 N–H and O–H groups in total. The summed E-state index contributed by atoms with van der Waals surface area (Å²) in [6.07, 6.45) is 1.67. The second kappa shape index (κ2) is 12.9. The summed E-state index contributed by atoms with van der Waals surface area (Å²) in [4.78, 5) is 41.2. The van der Waals surface area contributed by atoms with Gasteiger partial charge in [0.05, 0.1) is 0 Å². The van der Waals surface area contributed by atoms with Crippen LogP contribution in [-0.2, 0) is 20.9 Å². The molecular weight excluding hydrogens is 454 g/mol. The minimum Gasteiger partial charge on any atom is -0.444 e. The minimum absolute atomic E-state index is 0.181. The second-order valence-electron chi connectivity index (χ2n) is 9.94. The monoisotopic (exact) mass is 493 g/mol. The normalized spacial score (nSPS) is 13.6. The summed E-state index contributed by atoms with van der Waals surface area (Å²) in [5, 5.41) is 5.68. The molecule has 2 aromatic rings. The van der Waals surface area contributed by atoms with Crippen LogP contribution in [0.15, 0.2) is 61.2 Å². The summed E-state index contributed by atoms with van der Waals surface area (Å²) in [6, 6.07) is 15.1. The van der Waals surface area contributed by atoms with E-state index in [-0.39, 0.29) is 17.7 Å². The van der Waals surface area contributed by atoms with Gasteiger partial charge in [-0.2, -0.15) is 0 Å². The third-order valence-electron chi connectivity index (χ3n) is 5.91. The Kier molecular flexibility index (Phi) is 10.3. The molecule has 0 aliphatic rings. The van der Waals surface area contributed by atoms with Crippen LogP contribution in [0, 0.1) is 5.92 Å². The molecule has 3 amide bonds. The molecule has 0 saturated carbocycles. The Hall–Kier alpha value is -3.61. The molecule has 2 rings (SSSR count). The summed E-state index contributed by atoms with van der Waals surface area (Å²) in [6.45, 7) is 13.3. The van der Waals surface area contributed by atoms with Crippen molar-refractivity contribution in [1.29, 1.82) is 0 Å². The fourth-order valence-corrected chi connectivity index (χ4v) is 3.75. The summed E-state index contributed by atoms with van der Waals surface area (Å²) in [7, 11) is 1.59. The maximum Gasteiger partial charge on any atom is 0.408 e. The van der Waals surface area contributed by atoms with Gasteiger partial charge in [-0.25, -0.2) is 4.79 Å². The highest BCUT2D eigenvalue weighted by molar-refractivity contribution is 5.92. The van der Waals surface area contributed by atoms with E-state index in [2.05, 4.69) is 17.2 Å². The van der Waals surface area contributed by atoms with Crippen LogP contribution in [-0.4, -0.2) is 41.5 Å². The number of hydrogen-bond acceptors (Lipinski definition) is 4. The highest BCUT2D eigenvalue weighted by atomic mass is 16.6. The van der Waals surface area contributed by atoms with E-state index in [4.69, 9.17) is 4.74 Å². The van der Waals surface area contributed by atoms with Crippen molar-refractivity contribution >= 4 is 24.0 Å². The number of alkyl carbamates (subject to hydrolysis) is 1. The quantitative estimate of drug-likeness (QED) is 0.483. The van der Waals surface area contributed by atoms with Crippen molar-refractivity contribution in [2.45, 2.75) is 65.3 Å². The van der Waals surface area contributed by atoms with Gasteiger partial charge in [0.25, 0.3) is 0 Å². The van der Waals surface area contributed by atoms with Gasteiger partial charge in [-0.3, -0.25) is 9.59 Å². The molecule has 194 valence electrons. The van der Waals surface area contributed by atoms with Crippen LogP contribution < -0.4 is 10.6 Å². The fourth-order valence-electron chi connectivity index (χ4n) is 3.75. The molecule has 7 heteroatoms. The largest absolute Gasteiger partial charge is 0.444 e. The van der Waals surface area contributed by atoms with Gasteiger partial charge in [0.15, 0.2) is 0 Å². The zero-order chi connectivity index (χ0) is 26.9. The SMILES string of the molecule is C=Cc1cccc(C(C(=O)NCc2ccccc2)N(C)C(=O)C(NC(=O)OC(C)(C)C)C(C)CC)c1. The van der Waals surface area contributed by atoms with Crippen molar-refractivity contribution < 1.29 is 19.1 Å². The summed E-state index contributed by atoms with van der Waals surface area (Å²) < 4.78 is 5.39. The van der Waals surface area contributed by atoms with Crippen molar-refractivity contribution in [3.05, 3.63) is 77.9 Å². The van der Waals surface area contributed by atoms with E-state index >= 15 is 0 Å². The van der Waals surface area contributed by atoms with Gasteiger partial charge in [0.2, 0.25) is 11.8 Å². The van der Waals surface area contributed by atoms with Crippen LogP contribution in [0.25, 0.3) is 6.08 Å². The Labute approximate surface area is 214 Å². The lowest BCUT2D eigenvalue weighted by Gasteiger charge is -2.33. The molecule has 0 aliphatic carbocycles. The topological polar surface area (TPSA) is 87.7 Å². The molecule has 0 bridgehead atoms. The van der Waals surface area contributed by atoms with E-state index in [1.54, 1.807) is 33.9 Å². The van der Waals surface area contributed by atoms with Crippen LogP contribution >= 0.6 is 0 Å². The van der Waals surface area contributed by atoms with E-state index in [9.17, 15) is 14.4 Å². The number of nitrogens with one attached hydrogen (secondary N) is 2. The number of carbonyl (C=O) groups excluding carboxylic acids is 3. The molecule has 0 heterocycles. The molecule has 0 radical (unpaired) electrons. The van der Waals surface area contributed by atoms with Gasteiger partial charge >= 0.3 is 6.09 Å². The van der Waals surface area contributed by atoms with Crippen LogP contribution in [0.4, 0.5) is 4.79 Å². The predicted molar refractivity (Wildman–Crippen MR) is 143 cm³/mol. The van der Waals surface area contributed by atoms with Crippen LogP contribution in [0.1, 0.15) is 63.8 Å². The number of benzene rings is 2. The van der Waals surface area contributed by atoms with Crippen LogP contribution in [0.3, 0.4) is 0 Å². The van der Waals surface area contributed by atoms with Crippen molar-refractivity contribution in [1.82, 2.24) is 15.5 Å². The van der Waals surface area contributed by atoms with E-state index in [0.717, 1.165) is 11.1 Å². The Morgan fingerprint density at radius 3 is 2.33 bits per heavy atom. The third kappa shape index (κ3) is 8.26. The molecule has 0 fully saturated rings. The van der Waals surface area contributed by atoms with Crippen molar-refractivity contribution in [2.24, 2.45) is 5.92 Å². The number of hydrogen-bond donors (Lipinski definition) is 2. The Balaban J connectivity index is 2.36. The number of carbonyl (C=O) groups is 3. The first-order chi connectivity index (χ1) is 17.0. The number of ether oxygens (including phenoxy) is 1. The molecular formula is C29H39N3O4. The van der Waals surface area contributed by atoms with Crippen LogP contribution in [0.2, 0.25) is 0 Å². The summed E-state index contributed by atoms with van der Waals surface area (Å²) in [5.74, 6) is -0.879. The number of nitrogens with zero attached hydrogens (tertiary/aromatic N) is 1. The zero-order valence-electron chi connectivity index (χ0n) is 22.2. The maximum atomic E-state index is 13.7. The lowest BCUT2D eigenvalue weighted by molar-refractivity contribution is -0.141. The third-order valence-corrected chi connectivity index (χ3v) is 5.91. The fraction of sp³-hybridized carbons (Fsp3) is 0.414. The van der Waals surface area contributed by atoms with E-state index < -0.39 is 23.8 Å². The molecule has 3 unspecified atom stereocenters. The average Bonchev–Trinajstić information content (AvgIpc) is 2.85. The Morgan fingerprint density at radius 2 is 1.75 bits per heavy atom. The molecule has 7 nitrogen and oxygen atoms in total. The average molecular weight is 494 g/mol. The lowest BCUT2D eigenvalue weighted by atomic mass is 9.95. The maximum absolute atomic E-state index is 13.7. The number of amides is 3. The van der Waals surface area contributed by atoms with Gasteiger partial charge in [0, 0.05) is 13.6 Å². The van der Waals surface area contributed by atoms with Crippen molar-refractivity contribution in [3.8, 4) is 0 Å². The molecule has 2 aromatic carbocycles. The molecule has 36 heavy (non-hydrogen) atoms. The molecule has 0 aliphatic heterocycles. The number of rotatable bonds is 10. The highest BCUT2D eigenvalue weighted by Crippen LogP contribution is 2.24. The first kappa shape index (κ1) is 28.6. The Morgan fingerprint density at radius 1 is 1.08 bits per heavy atom. The zero-order valence-corrected chi connectivity index (χ0v) is 22.2. The smallest absolute Gasteiger partial charge is 0.408 e. The standard InChI is InChI=1S/C29H39N3O4/c1-8-20(3)24(31-28(35)36-29(4,5)6)27(34)32(7)25(23-17-13-16-21(9-2)18-23)26(33)30-19-22-14-11-10-12-15-22/h9-18,20,24-25H,2,8,19H2,1,3-7H3,(H,30,33)(H,31,35). The molecule has 0 saturated heterocycles. The van der Waals surface area contributed by atoms with E-state index in [1.165, 1.54) is 4.90 Å². The van der Waals surface area contributed by atoms with Gasteiger partial charge in [-0.15, -0.1) is 0 Å². The summed E-state index contributed by atoms with van der Waals surface area (Å²) >= 11 is 0. The predicted octanol–water partition coefficient (Wildman–Crippen LogP) is 5.08. The lowest BCUT2D eigenvalue weighted by Crippen LogP contribution is -2.54. The van der Waals surface area contributed by atoms with Crippen LogP contribution in [0.5, 0.6) is 0 Å². The van der Waals surface area contributed by atoms with E-state index in [0.29, 0.717) is 18.5 Å². The second-order valence-corrected chi connectivity index (χ2v) is 9.94. The van der Waals surface area contributed by atoms with Gasteiger partial charge in [0.1, 0.15) is 17.7 Å². The molecule has 0 spiro atoms. The molecule has 3 atom stereocenters. The first-order valence-corrected chi connectivity index (χ1v) is 12.3. The first-order valence-electron chi connectivity index (χ1n) is 12.3. The Bertz CT molecular complexity index is 1050. The van der Waals surface area contributed by atoms with Gasteiger partial charge in [-0.05, 0) is 49.4 Å². The molecule has 0 aromatic heterocycles. The highest BCUT2D eigenvalue weighted by Gasteiger charge is 2.36. The minimum atomic E-state index is -0.909. The van der Waals surface area contributed by atoms with Gasteiger partial charge < -0.3 is 20.3 Å².